The molecule has 2 fully saturated rings. The van der Waals surface area contributed by atoms with E-state index in [0.717, 1.165) is 4.57 Å². The van der Waals surface area contributed by atoms with Gasteiger partial charge in [-0.1, -0.05) is 0 Å². The first-order chi connectivity index (χ1) is 10.3. The van der Waals surface area contributed by atoms with Gasteiger partial charge < -0.3 is 19.8 Å². The zero-order valence-electron chi connectivity index (χ0n) is 12.1. The second-order valence-electron chi connectivity index (χ2n) is 5.83. The molecule has 0 spiro atoms. The molecular formula is C13H17N3O6. The van der Waals surface area contributed by atoms with E-state index in [-0.39, 0.29) is 12.3 Å². The molecule has 3 rings (SSSR count). The number of likely N-dealkylation sites (N-methyl/N-ethyl adjacent to an activating group) is 1. The Hall–Kier alpha value is -1.97. The van der Waals surface area contributed by atoms with Gasteiger partial charge in [0.05, 0.1) is 13.0 Å². The normalized spacial score (nSPS) is 34.3. The first-order valence-electron chi connectivity index (χ1n) is 6.85. The molecule has 0 saturated carbocycles. The highest BCUT2D eigenvalue weighted by Crippen LogP contribution is 2.44. The summed E-state index contributed by atoms with van der Waals surface area (Å²) in [5.41, 5.74) is -2.34. The number of piperidine rings is 1. The maximum absolute atomic E-state index is 12.0. The number of aliphatic hydroxyl groups is 2. The van der Waals surface area contributed by atoms with Gasteiger partial charge in [-0.15, -0.1) is 0 Å². The third-order valence-corrected chi connectivity index (χ3v) is 4.49. The molecule has 1 aromatic rings. The molecule has 1 aromatic heterocycles. The van der Waals surface area contributed by atoms with Crippen molar-refractivity contribution in [3.8, 4) is 0 Å². The number of amides is 1. The minimum absolute atomic E-state index is 0.175. The Bertz CT molecular complexity index is 740. The van der Waals surface area contributed by atoms with E-state index in [4.69, 9.17) is 4.74 Å². The molecule has 0 aliphatic carbocycles. The number of aromatic nitrogens is 2. The molecule has 9 heteroatoms. The van der Waals surface area contributed by atoms with Crippen LogP contribution in [0.2, 0.25) is 0 Å². The fraction of sp³-hybridized carbons (Fsp3) is 0.615. The van der Waals surface area contributed by atoms with Crippen LogP contribution >= 0.6 is 0 Å². The van der Waals surface area contributed by atoms with E-state index in [1.165, 1.54) is 25.1 Å². The Morgan fingerprint density at radius 1 is 1.45 bits per heavy atom. The molecule has 2 aliphatic heterocycles. The lowest BCUT2D eigenvalue weighted by molar-refractivity contribution is -0.158. The summed E-state index contributed by atoms with van der Waals surface area (Å²) in [4.78, 5) is 39.0. The fourth-order valence-electron chi connectivity index (χ4n) is 3.13. The summed E-state index contributed by atoms with van der Waals surface area (Å²) in [5.74, 6) is -0.291. The Labute approximate surface area is 124 Å². The number of carbonyl (C=O) groups is 1. The number of H-pyrrole nitrogens is 1. The van der Waals surface area contributed by atoms with Gasteiger partial charge in [-0.05, 0) is 6.92 Å². The molecule has 2 bridgehead atoms. The zero-order chi connectivity index (χ0) is 16.2. The zero-order valence-corrected chi connectivity index (χ0v) is 12.1. The van der Waals surface area contributed by atoms with Crippen LogP contribution in [0.25, 0.3) is 0 Å². The number of nitrogens with one attached hydrogen (secondary N) is 1. The van der Waals surface area contributed by atoms with Gasteiger partial charge in [0, 0.05) is 18.8 Å². The van der Waals surface area contributed by atoms with Gasteiger partial charge >= 0.3 is 5.69 Å². The highest BCUT2D eigenvalue weighted by Gasteiger charge is 2.61. The summed E-state index contributed by atoms with van der Waals surface area (Å²) >= 11 is 0. The number of fused-ring (bicyclic) bond motifs is 2. The molecule has 1 amide bonds. The van der Waals surface area contributed by atoms with E-state index in [1.807, 2.05) is 0 Å². The van der Waals surface area contributed by atoms with E-state index in [1.54, 1.807) is 0 Å². The van der Waals surface area contributed by atoms with Gasteiger partial charge in [-0.3, -0.25) is 19.1 Å². The van der Waals surface area contributed by atoms with Crippen LogP contribution in [-0.2, 0) is 9.53 Å². The van der Waals surface area contributed by atoms with E-state index in [9.17, 15) is 24.6 Å². The van der Waals surface area contributed by atoms with Crippen molar-refractivity contribution in [3.63, 3.8) is 0 Å². The van der Waals surface area contributed by atoms with Crippen LogP contribution in [0.4, 0.5) is 0 Å². The third-order valence-electron chi connectivity index (χ3n) is 4.49. The highest BCUT2D eigenvalue weighted by molar-refractivity contribution is 5.79. The molecule has 0 radical (unpaired) electrons. The largest absolute Gasteiger partial charge is 0.393 e. The first kappa shape index (κ1) is 14.9. The molecule has 120 valence electrons. The van der Waals surface area contributed by atoms with Crippen LogP contribution in [0.15, 0.2) is 15.8 Å². The van der Waals surface area contributed by atoms with Crippen molar-refractivity contribution in [2.45, 2.75) is 37.3 Å². The third kappa shape index (κ3) is 1.86. The summed E-state index contributed by atoms with van der Waals surface area (Å²) < 4.78 is 6.85. The number of hydrogen-bond acceptors (Lipinski definition) is 6. The Balaban J connectivity index is 2.13. The predicted molar refractivity (Wildman–Crippen MR) is 73.2 cm³/mol. The summed E-state index contributed by atoms with van der Waals surface area (Å²) in [5, 5.41) is 20.0. The average Bonchev–Trinajstić information content (AvgIpc) is 2.68. The molecule has 3 heterocycles. The van der Waals surface area contributed by atoms with Crippen molar-refractivity contribution in [1.29, 1.82) is 0 Å². The maximum Gasteiger partial charge on any atom is 0.330 e. The van der Waals surface area contributed by atoms with Gasteiger partial charge in [-0.25, -0.2) is 4.79 Å². The number of aliphatic hydroxyl groups excluding tert-OH is 2. The van der Waals surface area contributed by atoms with Gasteiger partial charge in [0.15, 0.2) is 6.23 Å². The predicted octanol–water partition coefficient (Wildman–Crippen LogP) is -2.30. The number of hydrogen-bond donors (Lipinski definition) is 3. The molecule has 2 saturated heterocycles. The molecule has 9 nitrogen and oxygen atoms in total. The van der Waals surface area contributed by atoms with E-state index < -0.39 is 41.8 Å². The lowest BCUT2D eigenvalue weighted by Crippen LogP contribution is -2.59. The summed E-state index contributed by atoms with van der Waals surface area (Å²) in [6.07, 6.45) is -0.973. The topological polar surface area (TPSA) is 125 Å². The Kier molecular flexibility index (Phi) is 3.24. The van der Waals surface area contributed by atoms with E-state index >= 15 is 0 Å². The molecular weight excluding hydrogens is 294 g/mol. The van der Waals surface area contributed by atoms with Crippen molar-refractivity contribution in [3.05, 3.63) is 32.6 Å². The van der Waals surface area contributed by atoms with Crippen LogP contribution in [0.3, 0.4) is 0 Å². The standard InChI is InChI=1S/C13H17N3O6/c1-6-4-16(12(21)14-10(6)20)11-8-9(19)13(5-17,22-11)3-7(18)15(8)2/h4,8-9,11,17,19H,3,5H2,1-2H3,(H,14,20,21)/t8-,9?,11-,13-/m1/s1. The number of carbonyl (C=O) groups excluding carboxylic acids is 1. The van der Waals surface area contributed by atoms with Crippen molar-refractivity contribution >= 4 is 5.91 Å². The monoisotopic (exact) mass is 311 g/mol. The van der Waals surface area contributed by atoms with Crippen LogP contribution in [-0.4, -0.2) is 62.0 Å². The number of rotatable bonds is 2. The minimum atomic E-state index is -1.43. The summed E-state index contributed by atoms with van der Waals surface area (Å²) in [6, 6.07) is -0.823. The first-order valence-corrected chi connectivity index (χ1v) is 6.85. The molecule has 1 unspecified atom stereocenters. The van der Waals surface area contributed by atoms with Gasteiger partial charge in [0.1, 0.15) is 17.7 Å². The Morgan fingerprint density at radius 2 is 2.14 bits per heavy atom. The number of likely N-dealkylation sites (tertiary alicyclic amines) is 1. The molecule has 4 atom stereocenters. The van der Waals surface area contributed by atoms with Crippen molar-refractivity contribution in [1.82, 2.24) is 14.5 Å². The quantitative estimate of drug-likeness (QED) is 0.564. The Morgan fingerprint density at radius 3 is 2.77 bits per heavy atom. The fourth-order valence-corrected chi connectivity index (χ4v) is 3.13. The molecule has 3 N–H and O–H groups in total. The van der Waals surface area contributed by atoms with Gasteiger partial charge in [0.25, 0.3) is 5.56 Å². The van der Waals surface area contributed by atoms with Crippen LogP contribution < -0.4 is 11.2 Å². The second kappa shape index (κ2) is 4.77. The van der Waals surface area contributed by atoms with Gasteiger partial charge in [-0.2, -0.15) is 0 Å². The second-order valence-corrected chi connectivity index (χ2v) is 5.83. The van der Waals surface area contributed by atoms with E-state index in [2.05, 4.69) is 4.98 Å². The molecule has 22 heavy (non-hydrogen) atoms. The summed E-state index contributed by atoms with van der Waals surface area (Å²) in [7, 11) is 1.50. The van der Waals surface area contributed by atoms with E-state index in [0.29, 0.717) is 5.56 Å². The van der Waals surface area contributed by atoms with Crippen molar-refractivity contribution in [2.75, 3.05) is 13.7 Å². The minimum Gasteiger partial charge on any atom is -0.393 e. The lowest BCUT2D eigenvalue weighted by atomic mass is 9.86. The number of aromatic amines is 1. The van der Waals surface area contributed by atoms with Crippen LogP contribution in [0.1, 0.15) is 18.2 Å². The van der Waals surface area contributed by atoms with Crippen LogP contribution in [0.5, 0.6) is 0 Å². The average molecular weight is 311 g/mol. The van der Waals surface area contributed by atoms with Crippen molar-refractivity contribution < 1.29 is 19.7 Å². The summed E-state index contributed by atoms with van der Waals surface area (Å²) in [6.45, 7) is 0.987. The van der Waals surface area contributed by atoms with Gasteiger partial charge in [0.2, 0.25) is 5.91 Å². The smallest absolute Gasteiger partial charge is 0.330 e. The SMILES string of the molecule is Cc1cn([C@@H]2O[C@@]3(CO)CC(=O)N(C)[C@@H]2C3O)c(=O)[nH]c1=O. The number of ether oxygens (including phenoxy) is 1. The van der Waals surface area contributed by atoms with Crippen molar-refractivity contribution in [2.24, 2.45) is 0 Å². The molecule has 0 aromatic carbocycles. The number of nitrogens with zero attached hydrogens (tertiary/aromatic N) is 2. The molecule has 2 aliphatic rings. The number of aryl methyl sites for hydroxylation is 1. The lowest BCUT2D eigenvalue weighted by Gasteiger charge is -2.38. The van der Waals surface area contributed by atoms with Crippen LogP contribution in [0, 0.1) is 6.92 Å². The highest BCUT2D eigenvalue weighted by atomic mass is 16.6. The maximum atomic E-state index is 12.0.